The van der Waals surface area contributed by atoms with Crippen molar-refractivity contribution in [2.75, 3.05) is 4.90 Å². The quantitative estimate of drug-likeness (QED) is 0.176. The van der Waals surface area contributed by atoms with E-state index in [1.165, 1.54) is 55.6 Å². The number of furan rings is 1. The summed E-state index contributed by atoms with van der Waals surface area (Å²) in [6.45, 7) is 0. The van der Waals surface area contributed by atoms with Crippen LogP contribution in [0.5, 0.6) is 0 Å². The Morgan fingerprint density at radius 2 is 0.895 bits per heavy atom. The van der Waals surface area contributed by atoms with Crippen molar-refractivity contribution in [3.05, 3.63) is 235 Å². The minimum Gasteiger partial charge on any atom is -0.454 e. The Bertz CT molecular complexity index is 3130. The smallest absolute Gasteiger partial charge is 0.159 e. The van der Waals surface area contributed by atoms with Crippen molar-refractivity contribution < 1.29 is 4.42 Å². The molecular weight excluding hydrogens is 691 g/mol. The molecule has 1 aromatic heterocycles. The Labute approximate surface area is 331 Å². The molecule has 2 heteroatoms. The van der Waals surface area contributed by atoms with Crippen LogP contribution in [0.15, 0.2) is 217 Å². The highest BCUT2D eigenvalue weighted by molar-refractivity contribution is 6.11. The predicted octanol–water partition coefficient (Wildman–Crippen LogP) is 14.7. The monoisotopic (exact) mass is 725 g/mol. The van der Waals surface area contributed by atoms with Crippen molar-refractivity contribution in [1.82, 2.24) is 0 Å². The second-order valence-corrected chi connectivity index (χ2v) is 15.2. The van der Waals surface area contributed by atoms with Crippen LogP contribution in [0.2, 0.25) is 0 Å². The third kappa shape index (κ3) is 4.53. The van der Waals surface area contributed by atoms with E-state index < -0.39 is 5.41 Å². The molecule has 2 nitrogen and oxygen atoms in total. The van der Waals surface area contributed by atoms with Gasteiger partial charge in [-0.2, -0.15) is 0 Å². The molecule has 12 rings (SSSR count). The van der Waals surface area contributed by atoms with Crippen LogP contribution >= 0.6 is 0 Å². The molecule has 266 valence electrons. The number of hydrogen-bond acceptors (Lipinski definition) is 2. The molecule has 1 spiro atoms. The fourth-order valence-corrected chi connectivity index (χ4v) is 9.93. The Kier molecular flexibility index (Phi) is 6.88. The SMILES string of the molecule is c1ccc(-c2ccc(N(c3ccc4c(c3)C3(c5ccccc5-c5ccccc53)c3ccccc3-4)c3cccc4c3oc3ccccc34)c(-c3ccccc3)c2)cc1. The molecule has 0 saturated carbocycles. The Morgan fingerprint density at radius 1 is 0.333 bits per heavy atom. The number of benzene rings is 9. The molecule has 9 aromatic carbocycles. The van der Waals surface area contributed by atoms with Gasteiger partial charge in [0.2, 0.25) is 0 Å². The van der Waals surface area contributed by atoms with Crippen molar-refractivity contribution in [3.8, 4) is 44.5 Å². The molecule has 1 heterocycles. The highest BCUT2D eigenvalue weighted by Crippen LogP contribution is 2.63. The number of rotatable bonds is 5. The van der Waals surface area contributed by atoms with Crippen molar-refractivity contribution in [2.45, 2.75) is 5.41 Å². The number of anilines is 3. The van der Waals surface area contributed by atoms with Crippen LogP contribution in [0, 0.1) is 0 Å². The van der Waals surface area contributed by atoms with E-state index in [9.17, 15) is 0 Å². The molecule has 57 heavy (non-hydrogen) atoms. The molecule has 0 aliphatic heterocycles. The second-order valence-electron chi connectivity index (χ2n) is 15.2. The third-order valence-electron chi connectivity index (χ3n) is 12.3. The van der Waals surface area contributed by atoms with Crippen LogP contribution in [0.1, 0.15) is 22.3 Å². The summed E-state index contributed by atoms with van der Waals surface area (Å²) in [5.74, 6) is 0. The van der Waals surface area contributed by atoms with Gasteiger partial charge in [0.15, 0.2) is 5.58 Å². The van der Waals surface area contributed by atoms with Gasteiger partial charge in [-0.05, 0) is 97.6 Å². The second kappa shape index (κ2) is 12.3. The molecule has 0 saturated heterocycles. The first kappa shape index (κ1) is 31.9. The van der Waals surface area contributed by atoms with Crippen LogP contribution in [-0.2, 0) is 5.41 Å². The summed E-state index contributed by atoms with van der Waals surface area (Å²) in [5, 5.41) is 2.21. The summed E-state index contributed by atoms with van der Waals surface area (Å²) < 4.78 is 6.83. The third-order valence-corrected chi connectivity index (χ3v) is 12.3. The van der Waals surface area contributed by atoms with Crippen molar-refractivity contribution in [2.24, 2.45) is 0 Å². The van der Waals surface area contributed by atoms with Gasteiger partial charge in [-0.15, -0.1) is 0 Å². The van der Waals surface area contributed by atoms with Gasteiger partial charge in [0, 0.05) is 22.0 Å². The first-order valence-corrected chi connectivity index (χ1v) is 19.7. The van der Waals surface area contributed by atoms with E-state index in [1.807, 2.05) is 6.07 Å². The number of fused-ring (bicyclic) bond motifs is 13. The predicted molar refractivity (Wildman–Crippen MR) is 236 cm³/mol. The van der Waals surface area contributed by atoms with Crippen molar-refractivity contribution in [3.63, 3.8) is 0 Å². The first-order valence-electron chi connectivity index (χ1n) is 19.7. The summed E-state index contributed by atoms with van der Waals surface area (Å²) in [6.07, 6.45) is 0. The molecule has 0 bridgehead atoms. The van der Waals surface area contributed by atoms with Crippen molar-refractivity contribution >= 4 is 39.0 Å². The molecule has 2 aliphatic carbocycles. The van der Waals surface area contributed by atoms with E-state index in [-0.39, 0.29) is 0 Å². The van der Waals surface area contributed by atoms with E-state index >= 15 is 0 Å². The highest BCUT2D eigenvalue weighted by Gasteiger charge is 2.51. The zero-order valence-corrected chi connectivity index (χ0v) is 31.1. The highest BCUT2D eigenvalue weighted by atomic mass is 16.3. The van der Waals surface area contributed by atoms with Crippen LogP contribution < -0.4 is 4.90 Å². The minimum absolute atomic E-state index is 0.467. The van der Waals surface area contributed by atoms with E-state index in [4.69, 9.17) is 4.42 Å². The van der Waals surface area contributed by atoms with Gasteiger partial charge >= 0.3 is 0 Å². The Morgan fingerprint density at radius 3 is 1.58 bits per heavy atom. The molecule has 0 amide bonds. The van der Waals surface area contributed by atoms with Crippen LogP contribution in [0.3, 0.4) is 0 Å². The lowest BCUT2D eigenvalue weighted by molar-refractivity contribution is 0.669. The summed E-state index contributed by atoms with van der Waals surface area (Å²) in [4.78, 5) is 2.44. The average Bonchev–Trinajstić information content (AvgIpc) is 3.92. The van der Waals surface area contributed by atoms with E-state index in [0.29, 0.717) is 0 Å². The zero-order chi connectivity index (χ0) is 37.5. The molecule has 0 unspecified atom stereocenters. The lowest BCUT2D eigenvalue weighted by Gasteiger charge is -2.32. The topological polar surface area (TPSA) is 16.4 Å². The molecule has 0 radical (unpaired) electrons. The van der Waals surface area contributed by atoms with Crippen molar-refractivity contribution in [1.29, 1.82) is 0 Å². The van der Waals surface area contributed by atoms with Gasteiger partial charge in [-0.3, -0.25) is 0 Å². The van der Waals surface area contributed by atoms with Gasteiger partial charge in [0.25, 0.3) is 0 Å². The average molecular weight is 726 g/mol. The molecule has 0 N–H and O–H groups in total. The maximum atomic E-state index is 6.83. The largest absolute Gasteiger partial charge is 0.454 e. The summed E-state index contributed by atoms with van der Waals surface area (Å²) in [7, 11) is 0. The maximum Gasteiger partial charge on any atom is 0.159 e. The van der Waals surface area contributed by atoms with Crippen LogP contribution in [0.25, 0.3) is 66.4 Å². The molecule has 2 aliphatic rings. The van der Waals surface area contributed by atoms with Gasteiger partial charge in [-0.25, -0.2) is 0 Å². The van der Waals surface area contributed by atoms with E-state index in [2.05, 4.69) is 211 Å². The molecule has 0 atom stereocenters. The Hall–Kier alpha value is -7.42. The summed E-state index contributed by atoms with van der Waals surface area (Å²) in [6, 6.07) is 77.4. The van der Waals surface area contributed by atoms with Crippen LogP contribution in [-0.4, -0.2) is 0 Å². The summed E-state index contributed by atoms with van der Waals surface area (Å²) >= 11 is 0. The lowest BCUT2D eigenvalue weighted by Crippen LogP contribution is -2.26. The maximum absolute atomic E-state index is 6.83. The standard InChI is InChI=1S/C55H35NO/c1-3-16-36(17-4-1)38-30-33-51(46(34-38)37-18-5-2-6-19-37)56(52-28-15-24-45-44-23-10-14-29-53(44)57-54(45)52)39-31-32-43-42-22-9-13-27-49(42)55(50(43)35-39)47-25-11-7-20-40(47)41-21-8-12-26-48(41)55/h1-35H. The first-order chi connectivity index (χ1) is 28.3. The normalized spacial score (nSPS) is 13.1. The van der Waals surface area contributed by atoms with Gasteiger partial charge in [-0.1, -0.05) is 176 Å². The molecular formula is C55H35NO. The van der Waals surface area contributed by atoms with Gasteiger partial charge in [0.05, 0.1) is 16.8 Å². The zero-order valence-electron chi connectivity index (χ0n) is 31.1. The van der Waals surface area contributed by atoms with Crippen LogP contribution in [0.4, 0.5) is 17.1 Å². The fraction of sp³-hybridized carbons (Fsp3) is 0.0182. The Balaban J connectivity index is 1.18. The van der Waals surface area contributed by atoms with E-state index in [0.717, 1.165) is 50.1 Å². The van der Waals surface area contributed by atoms with E-state index in [1.54, 1.807) is 0 Å². The minimum atomic E-state index is -0.467. The van der Waals surface area contributed by atoms with Gasteiger partial charge < -0.3 is 9.32 Å². The molecule has 0 fully saturated rings. The number of hydrogen-bond donors (Lipinski definition) is 0. The fourth-order valence-electron chi connectivity index (χ4n) is 9.93. The van der Waals surface area contributed by atoms with Gasteiger partial charge in [0.1, 0.15) is 5.58 Å². The number of para-hydroxylation sites is 2. The molecule has 10 aromatic rings. The lowest BCUT2D eigenvalue weighted by atomic mass is 9.70. The number of nitrogens with zero attached hydrogens (tertiary/aromatic N) is 1. The summed E-state index contributed by atoms with van der Waals surface area (Å²) in [5.41, 5.74) is 19.5.